The molecule has 1 unspecified atom stereocenters. The van der Waals surface area contributed by atoms with E-state index in [-0.39, 0.29) is 19.6 Å². The van der Waals surface area contributed by atoms with Crippen LogP contribution in [-0.4, -0.2) is 52.9 Å². The minimum Gasteiger partial charge on any atom is -0.489 e. The number of rotatable bonds is 12. The normalized spacial score (nSPS) is 11.4. The lowest BCUT2D eigenvalue weighted by molar-refractivity contribution is -0.139. The number of aliphatic hydroxyl groups is 1. The van der Waals surface area contributed by atoms with Crippen LogP contribution in [0.25, 0.3) is 0 Å². The number of urea groups is 1. The van der Waals surface area contributed by atoms with Crippen molar-refractivity contribution in [3.8, 4) is 5.75 Å². The molecular weight excluding hydrogens is 432 g/mol. The maximum Gasteiger partial charge on any atom is 0.326 e. The molecule has 0 heterocycles. The molecule has 0 saturated carbocycles. The van der Waals surface area contributed by atoms with Crippen molar-refractivity contribution < 1.29 is 24.5 Å². The Morgan fingerprint density at radius 2 is 1.44 bits per heavy atom. The third kappa shape index (κ3) is 7.94. The first-order chi connectivity index (χ1) is 16.5. The average Bonchev–Trinajstić information content (AvgIpc) is 2.86. The summed E-state index contributed by atoms with van der Waals surface area (Å²) in [5, 5.41) is 21.6. The minimum absolute atomic E-state index is 0.123. The van der Waals surface area contributed by atoms with Gasteiger partial charge < -0.3 is 25.2 Å². The molecule has 0 radical (unpaired) electrons. The van der Waals surface area contributed by atoms with Gasteiger partial charge in [-0.25, -0.2) is 9.59 Å². The van der Waals surface area contributed by atoms with E-state index < -0.39 is 18.0 Å². The molecule has 0 fully saturated rings. The number of benzene rings is 3. The molecule has 2 amide bonds. The van der Waals surface area contributed by atoms with E-state index in [0.717, 1.165) is 16.7 Å². The lowest BCUT2D eigenvalue weighted by Crippen LogP contribution is -2.50. The second kappa shape index (κ2) is 13.0. The largest absolute Gasteiger partial charge is 0.489 e. The van der Waals surface area contributed by atoms with Crippen molar-refractivity contribution in [2.45, 2.75) is 25.5 Å². The molecule has 3 aromatic rings. The molecule has 7 heteroatoms. The van der Waals surface area contributed by atoms with E-state index >= 15 is 0 Å². The number of nitrogens with zero attached hydrogens (tertiary/aromatic N) is 1. The number of ether oxygens (including phenoxy) is 1. The van der Waals surface area contributed by atoms with Crippen LogP contribution in [0.5, 0.6) is 5.75 Å². The topological polar surface area (TPSA) is 99.1 Å². The van der Waals surface area contributed by atoms with E-state index in [9.17, 15) is 19.8 Å². The Hall–Kier alpha value is -3.84. The van der Waals surface area contributed by atoms with Crippen LogP contribution in [0, 0.1) is 0 Å². The lowest BCUT2D eigenvalue weighted by Gasteiger charge is -2.25. The molecule has 34 heavy (non-hydrogen) atoms. The van der Waals surface area contributed by atoms with E-state index in [1.807, 2.05) is 60.7 Å². The number of carbonyl (C=O) groups excluding carboxylic acids is 1. The van der Waals surface area contributed by atoms with Crippen LogP contribution >= 0.6 is 0 Å². The fraction of sp³-hybridized carbons (Fsp3) is 0.259. The van der Waals surface area contributed by atoms with Crippen molar-refractivity contribution in [2.24, 2.45) is 0 Å². The van der Waals surface area contributed by atoms with E-state index in [4.69, 9.17) is 4.74 Å². The average molecular weight is 463 g/mol. The first kappa shape index (κ1) is 24.8. The van der Waals surface area contributed by atoms with Gasteiger partial charge >= 0.3 is 12.0 Å². The third-order valence-electron chi connectivity index (χ3n) is 5.38. The van der Waals surface area contributed by atoms with Gasteiger partial charge in [-0.15, -0.1) is 0 Å². The van der Waals surface area contributed by atoms with Gasteiger partial charge in [-0.1, -0.05) is 72.8 Å². The van der Waals surface area contributed by atoms with Gasteiger partial charge in [0.2, 0.25) is 0 Å². The number of aliphatic hydroxyl groups excluding tert-OH is 1. The predicted molar refractivity (Wildman–Crippen MR) is 130 cm³/mol. The molecule has 0 aliphatic rings. The minimum atomic E-state index is -1.12. The molecule has 0 spiro atoms. The number of hydrogen-bond acceptors (Lipinski definition) is 4. The highest BCUT2D eigenvalue weighted by Crippen LogP contribution is 2.16. The van der Waals surface area contributed by atoms with Crippen molar-refractivity contribution in [1.29, 1.82) is 0 Å². The van der Waals surface area contributed by atoms with Gasteiger partial charge in [0.1, 0.15) is 18.4 Å². The van der Waals surface area contributed by atoms with Gasteiger partial charge in [0.15, 0.2) is 0 Å². The number of carboxylic acids is 1. The fourth-order valence-corrected chi connectivity index (χ4v) is 3.48. The molecule has 0 aliphatic heterocycles. The summed E-state index contributed by atoms with van der Waals surface area (Å²) in [5.41, 5.74) is 2.88. The second-order valence-corrected chi connectivity index (χ2v) is 7.91. The Kier molecular flexibility index (Phi) is 9.49. The number of amides is 2. The standard InChI is InChI=1S/C27H30N2O5/c30-18-17-29(16-15-21-7-3-1-4-8-21)27(33)28-25(26(31)32)19-22-11-13-24(14-12-22)34-20-23-9-5-2-6-10-23/h1-14,25,30H,15-20H2,(H,28,33)(H,31,32). The van der Waals surface area contributed by atoms with Crippen LogP contribution in [0.2, 0.25) is 0 Å². The Bertz CT molecular complexity index is 1030. The van der Waals surface area contributed by atoms with Crippen molar-refractivity contribution in [2.75, 3.05) is 19.7 Å². The Balaban J connectivity index is 1.55. The van der Waals surface area contributed by atoms with Gasteiger partial charge in [0.25, 0.3) is 0 Å². The summed E-state index contributed by atoms with van der Waals surface area (Å²) in [6.07, 6.45) is 0.738. The van der Waals surface area contributed by atoms with E-state index in [2.05, 4.69) is 5.32 Å². The Labute approximate surface area is 199 Å². The molecule has 178 valence electrons. The van der Waals surface area contributed by atoms with Crippen LogP contribution in [0.3, 0.4) is 0 Å². The highest BCUT2D eigenvalue weighted by molar-refractivity contribution is 5.82. The summed E-state index contributed by atoms with van der Waals surface area (Å²) in [5.74, 6) is -0.441. The highest BCUT2D eigenvalue weighted by Gasteiger charge is 2.23. The molecule has 3 rings (SSSR count). The first-order valence-electron chi connectivity index (χ1n) is 11.2. The number of aliphatic carboxylic acids is 1. The second-order valence-electron chi connectivity index (χ2n) is 7.91. The zero-order chi connectivity index (χ0) is 24.2. The van der Waals surface area contributed by atoms with Crippen LogP contribution in [0.15, 0.2) is 84.9 Å². The highest BCUT2D eigenvalue weighted by atomic mass is 16.5. The molecule has 7 nitrogen and oxygen atoms in total. The molecule has 3 aromatic carbocycles. The van der Waals surface area contributed by atoms with Crippen LogP contribution in [0.1, 0.15) is 16.7 Å². The Morgan fingerprint density at radius 3 is 2.03 bits per heavy atom. The van der Waals surface area contributed by atoms with Crippen molar-refractivity contribution in [1.82, 2.24) is 10.2 Å². The van der Waals surface area contributed by atoms with Crippen LogP contribution in [0.4, 0.5) is 4.79 Å². The molecular formula is C27H30N2O5. The molecule has 0 aliphatic carbocycles. The first-order valence-corrected chi connectivity index (χ1v) is 11.2. The van der Waals surface area contributed by atoms with Gasteiger partial charge in [0.05, 0.1) is 6.61 Å². The zero-order valence-corrected chi connectivity index (χ0v) is 19.0. The van der Waals surface area contributed by atoms with E-state index in [0.29, 0.717) is 25.3 Å². The van der Waals surface area contributed by atoms with Crippen LogP contribution < -0.4 is 10.1 Å². The van der Waals surface area contributed by atoms with Gasteiger partial charge in [0, 0.05) is 19.5 Å². The quantitative estimate of drug-likeness (QED) is 0.383. The summed E-state index contributed by atoms with van der Waals surface area (Å²) in [6, 6.07) is 25.0. The van der Waals surface area contributed by atoms with Gasteiger partial charge in [-0.2, -0.15) is 0 Å². The third-order valence-corrected chi connectivity index (χ3v) is 5.38. The molecule has 0 saturated heterocycles. The summed E-state index contributed by atoms with van der Waals surface area (Å²) in [6.45, 7) is 0.733. The fourth-order valence-electron chi connectivity index (χ4n) is 3.48. The summed E-state index contributed by atoms with van der Waals surface area (Å²) < 4.78 is 5.77. The molecule has 1 atom stereocenters. The molecule has 0 bridgehead atoms. The van der Waals surface area contributed by atoms with Gasteiger partial charge in [-0.3, -0.25) is 0 Å². The molecule has 3 N–H and O–H groups in total. The maximum absolute atomic E-state index is 12.8. The lowest BCUT2D eigenvalue weighted by atomic mass is 10.1. The van der Waals surface area contributed by atoms with E-state index in [1.54, 1.807) is 24.3 Å². The summed E-state index contributed by atoms with van der Waals surface area (Å²) in [7, 11) is 0. The summed E-state index contributed by atoms with van der Waals surface area (Å²) in [4.78, 5) is 26.0. The van der Waals surface area contributed by atoms with Crippen molar-refractivity contribution >= 4 is 12.0 Å². The van der Waals surface area contributed by atoms with Crippen molar-refractivity contribution in [3.05, 3.63) is 102 Å². The van der Waals surface area contributed by atoms with Crippen molar-refractivity contribution in [3.63, 3.8) is 0 Å². The predicted octanol–water partition coefficient (Wildman–Crippen LogP) is 3.51. The number of nitrogens with one attached hydrogen (secondary N) is 1. The number of carboxylic acid groups (broad SMARTS) is 1. The molecule has 0 aromatic heterocycles. The monoisotopic (exact) mass is 462 g/mol. The Morgan fingerprint density at radius 1 is 0.824 bits per heavy atom. The number of hydrogen-bond donors (Lipinski definition) is 3. The zero-order valence-electron chi connectivity index (χ0n) is 19.0. The van der Waals surface area contributed by atoms with Gasteiger partial charge in [-0.05, 0) is 35.2 Å². The van der Waals surface area contributed by atoms with Crippen LogP contribution in [-0.2, 0) is 24.2 Å². The summed E-state index contributed by atoms with van der Waals surface area (Å²) >= 11 is 0. The van der Waals surface area contributed by atoms with E-state index in [1.165, 1.54) is 4.90 Å². The smallest absolute Gasteiger partial charge is 0.326 e. The maximum atomic E-state index is 12.8. The SMILES string of the molecule is O=C(O)C(Cc1ccc(OCc2ccccc2)cc1)NC(=O)N(CCO)CCc1ccccc1. The number of carbonyl (C=O) groups is 2.